The largest absolute Gasteiger partial charge is 0.309 e. The van der Waals surface area contributed by atoms with E-state index in [1.54, 1.807) is 6.20 Å². The summed E-state index contributed by atoms with van der Waals surface area (Å²) in [6.07, 6.45) is 7.38. The molecule has 0 saturated heterocycles. The van der Waals surface area contributed by atoms with Crippen LogP contribution in [-0.4, -0.2) is 36.2 Å². The number of pyridine rings is 2. The van der Waals surface area contributed by atoms with E-state index in [0.29, 0.717) is 0 Å². The fraction of sp³-hybridized carbons (Fsp3) is 0.182. The first kappa shape index (κ1) is 18.1. The first-order valence-corrected chi connectivity index (χ1v) is 10.3. The standard InChI is InChI=1S/C22H19BrN6/c23-19-11-18(13-25-14-19)22-27-26-20-15-28(9-10-29(20)22)21(16-5-2-1-3-6-16)17-7-4-8-24-12-17/h1-8,11-14,21H,9-10,15H2. The zero-order chi connectivity index (χ0) is 19.6. The van der Waals surface area contributed by atoms with Crippen molar-refractivity contribution in [3.63, 3.8) is 0 Å². The minimum absolute atomic E-state index is 0.131. The number of hydrogen-bond donors (Lipinski definition) is 0. The molecule has 0 aliphatic carbocycles. The second kappa shape index (κ2) is 7.85. The van der Waals surface area contributed by atoms with Gasteiger partial charge in [0.25, 0.3) is 0 Å². The molecule has 1 unspecified atom stereocenters. The molecule has 5 rings (SSSR count). The van der Waals surface area contributed by atoms with Crippen LogP contribution in [-0.2, 0) is 13.1 Å². The van der Waals surface area contributed by atoms with Crippen molar-refractivity contribution in [3.8, 4) is 11.4 Å². The molecule has 4 heterocycles. The summed E-state index contributed by atoms with van der Waals surface area (Å²) in [5.41, 5.74) is 3.41. The van der Waals surface area contributed by atoms with Gasteiger partial charge in [0.05, 0.1) is 12.6 Å². The lowest BCUT2D eigenvalue weighted by atomic mass is 9.98. The molecule has 0 radical (unpaired) electrons. The number of fused-ring (bicyclic) bond motifs is 1. The number of rotatable bonds is 4. The number of hydrogen-bond acceptors (Lipinski definition) is 5. The maximum atomic E-state index is 4.50. The Bertz CT molecular complexity index is 1070. The Hall–Kier alpha value is -2.90. The lowest BCUT2D eigenvalue weighted by Crippen LogP contribution is -2.37. The van der Waals surface area contributed by atoms with E-state index in [4.69, 9.17) is 0 Å². The maximum Gasteiger partial charge on any atom is 0.165 e. The first-order valence-electron chi connectivity index (χ1n) is 9.51. The molecule has 3 aromatic heterocycles. The second-order valence-electron chi connectivity index (χ2n) is 7.05. The van der Waals surface area contributed by atoms with Crippen molar-refractivity contribution in [1.29, 1.82) is 0 Å². The smallest absolute Gasteiger partial charge is 0.165 e. The van der Waals surface area contributed by atoms with E-state index in [-0.39, 0.29) is 6.04 Å². The third kappa shape index (κ3) is 3.59. The van der Waals surface area contributed by atoms with Crippen LogP contribution in [0.3, 0.4) is 0 Å². The number of halogens is 1. The van der Waals surface area contributed by atoms with Gasteiger partial charge in [0, 0.05) is 47.9 Å². The maximum absolute atomic E-state index is 4.50. The van der Waals surface area contributed by atoms with Crippen molar-refractivity contribution in [3.05, 3.63) is 94.7 Å². The van der Waals surface area contributed by atoms with Crippen LogP contribution in [0.4, 0.5) is 0 Å². The van der Waals surface area contributed by atoms with E-state index in [2.05, 4.69) is 82.0 Å². The van der Waals surface area contributed by atoms with E-state index in [0.717, 1.165) is 41.3 Å². The van der Waals surface area contributed by atoms with Gasteiger partial charge in [-0.3, -0.25) is 14.9 Å². The highest BCUT2D eigenvalue weighted by atomic mass is 79.9. The molecule has 4 aromatic rings. The van der Waals surface area contributed by atoms with Crippen molar-refractivity contribution in [1.82, 2.24) is 29.6 Å². The summed E-state index contributed by atoms with van der Waals surface area (Å²) < 4.78 is 3.14. The number of nitrogens with zero attached hydrogens (tertiary/aromatic N) is 6. The molecule has 29 heavy (non-hydrogen) atoms. The quantitative estimate of drug-likeness (QED) is 0.472. The molecule has 0 saturated carbocycles. The summed E-state index contributed by atoms with van der Waals surface area (Å²) in [5, 5.41) is 8.96. The van der Waals surface area contributed by atoms with Gasteiger partial charge in [-0.25, -0.2) is 0 Å². The normalized spacial score (nSPS) is 15.1. The average Bonchev–Trinajstić information content (AvgIpc) is 3.19. The van der Waals surface area contributed by atoms with Crippen LogP contribution < -0.4 is 0 Å². The fourth-order valence-corrected chi connectivity index (χ4v) is 4.30. The van der Waals surface area contributed by atoms with Crippen LogP contribution in [0.25, 0.3) is 11.4 Å². The third-order valence-corrected chi connectivity index (χ3v) is 5.66. The summed E-state index contributed by atoms with van der Waals surface area (Å²) in [4.78, 5) is 11.1. The minimum atomic E-state index is 0.131. The number of aromatic nitrogens is 5. The molecule has 1 aliphatic heterocycles. The van der Waals surface area contributed by atoms with Crippen LogP contribution >= 0.6 is 15.9 Å². The zero-order valence-corrected chi connectivity index (χ0v) is 17.3. The Labute approximate surface area is 177 Å². The van der Waals surface area contributed by atoms with Crippen molar-refractivity contribution in [2.24, 2.45) is 0 Å². The zero-order valence-electron chi connectivity index (χ0n) is 15.7. The minimum Gasteiger partial charge on any atom is -0.309 e. The lowest BCUT2D eigenvalue weighted by molar-refractivity contribution is 0.176. The Morgan fingerprint density at radius 3 is 2.52 bits per heavy atom. The van der Waals surface area contributed by atoms with E-state index in [9.17, 15) is 0 Å². The molecule has 144 valence electrons. The molecule has 7 heteroatoms. The summed E-state index contributed by atoms with van der Waals surface area (Å²) >= 11 is 3.49. The Balaban J connectivity index is 1.49. The number of benzene rings is 1. The molecular weight excluding hydrogens is 428 g/mol. The van der Waals surface area contributed by atoms with Gasteiger partial charge in [-0.1, -0.05) is 36.4 Å². The van der Waals surface area contributed by atoms with Crippen molar-refractivity contribution in [2.45, 2.75) is 19.1 Å². The predicted octanol–water partition coefficient (Wildman–Crippen LogP) is 4.10. The van der Waals surface area contributed by atoms with Gasteiger partial charge < -0.3 is 4.57 Å². The van der Waals surface area contributed by atoms with Crippen LogP contribution in [0, 0.1) is 0 Å². The highest BCUT2D eigenvalue weighted by Crippen LogP contribution is 2.32. The van der Waals surface area contributed by atoms with Crippen molar-refractivity contribution in [2.75, 3.05) is 6.54 Å². The van der Waals surface area contributed by atoms with Gasteiger partial charge in [-0.2, -0.15) is 0 Å². The van der Waals surface area contributed by atoms with Crippen LogP contribution in [0.2, 0.25) is 0 Å². The fourth-order valence-electron chi connectivity index (χ4n) is 3.93. The Morgan fingerprint density at radius 2 is 1.72 bits per heavy atom. The summed E-state index contributed by atoms with van der Waals surface area (Å²) in [6.45, 7) is 2.45. The van der Waals surface area contributed by atoms with E-state index < -0.39 is 0 Å². The van der Waals surface area contributed by atoms with Gasteiger partial charge >= 0.3 is 0 Å². The molecule has 0 spiro atoms. The molecule has 1 aromatic carbocycles. The topological polar surface area (TPSA) is 59.7 Å². The molecular formula is C22H19BrN6. The third-order valence-electron chi connectivity index (χ3n) is 5.23. The van der Waals surface area contributed by atoms with Gasteiger partial charge in [0.2, 0.25) is 0 Å². The summed E-state index contributed by atoms with van der Waals surface area (Å²) in [6, 6.07) is 16.9. The molecule has 0 bridgehead atoms. The Morgan fingerprint density at radius 1 is 0.862 bits per heavy atom. The highest BCUT2D eigenvalue weighted by molar-refractivity contribution is 9.10. The van der Waals surface area contributed by atoms with Crippen LogP contribution in [0.5, 0.6) is 0 Å². The van der Waals surface area contributed by atoms with E-state index in [1.165, 1.54) is 11.1 Å². The molecule has 1 aliphatic rings. The molecule has 0 fully saturated rings. The predicted molar refractivity (Wildman–Crippen MR) is 114 cm³/mol. The van der Waals surface area contributed by atoms with Gasteiger partial charge in [-0.15, -0.1) is 10.2 Å². The van der Waals surface area contributed by atoms with Gasteiger partial charge in [-0.05, 0) is 39.2 Å². The Kier molecular flexibility index (Phi) is 4.91. The molecule has 0 N–H and O–H groups in total. The van der Waals surface area contributed by atoms with Crippen molar-refractivity contribution >= 4 is 15.9 Å². The van der Waals surface area contributed by atoms with E-state index in [1.807, 2.05) is 30.7 Å². The molecule has 0 amide bonds. The van der Waals surface area contributed by atoms with E-state index >= 15 is 0 Å². The monoisotopic (exact) mass is 446 g/mol. The summed E-state index contributed by atoms with van der Waals surface area (Å²) in [7, 11) is 0. The van der Waals surface area contributed by atoms with Crippen molar-refractivity contribution < 1.29 is 0 Å². The molecule has 1 atom stereocenters. The van der Waals surface area contributed by atoms with Gasteiger partial charge in [0.1, 0.15) is 5.82 Å². The van der Waals surface area contributed by atoms with Gasteiger partial charge in [0.15, 0.2) is 5.82 Å². The molecule has 6 nitrogen and oxygen atoms in total. The van der Waals surface area contributed by atoms with Crippen LogP contribution in [0.1, 0.15) is 23.0 Å². The highest BCUT2D eigenvalue weighted by Gasteiger charge is 2.29. The summed E-state index contributed by atoms with van der Waals surface area (Å²) in [5.74, 6) is 1.84. The SMILES string of the molecule is Brc1cncc(-c2nnc3n2CCN(C(c2ccccc2)c2cccnc2)C3)c1. The lowest BCUT2D eigenvalue weighted by Gasteiger charge is -2.35. The second-order valence-corrected chi connectivity index (χ2v) is 7.97. The average molecular weight is 447 g/mol. The van der Waals surface area contributed by atoms with Crippen LogP contribution in [0.15, 0.2) is 77.8 Å². The first-order chi connectivity index (χ1) is 14.3.